The molecular formula is C32H43N7O. The van der Waals surface area contributed by atoms with Crippen LogP contribution in [0.3, 0.4) is 0 Å². The maximum absolute atomic E-state index is 13.1. The number of carbonyl (C=O) groups is 1. The lowest BCUT2D eigenvalue weighted by atomic mass is 10.0. The van der Waals surface area contributed by atoms with Crippen molar-refractivity contribution in [3.05, 3.63) is 102 Å². The molecule has 3 heterocycles. The van der Waals surface area contributed by atoms with E-state index < -0.39 is 0 Å². The van der Waals surface area contributed by atoms with Crippen molar-refractivity contribution in [3.63, 3.8) is 0 Å². The van der Waals surface area contributed by atoms with E-state index >= 15 is 0 Å². The quantitative estimate of drug-likeness (QED) is 0.308. The van der Waals surface area contributed by atoms with Gasteiger partial charge in [0.2, 0.25) is 5.96 Å². The minimum Gasteiger partial charge on any atom is -0.345 e. The van der Waals surface area contributed by atoms with Crippen molar-refractivity contribution in [1.29, 1.82) is 0 Å². The molecule has 8 nitrogen and oxygen atoms in total. The highest BCUT2D eigenvalue weighted by atomic mass is 16.1. The molecule has 0 radical (unpaired) electrons. The molecule has 8 heteroatoms. The standard InChI is InChI=1S/C32H43N7O/c1-24(2)28(9-5-6-17-39-20-18-38(4)19-21-39)31(40)23-35-27-11-10-25(3)29(13-12-27)36-32-34-16-14-30(37-32)26-8-7-15-33-22-26/h5-10,13-16,22,27,30,35H,1,11-12,17-21,23H2,2-4H3,(H2,34,36,37)/b6-5+,28-9+. The minimum absolute atomic E-state index is 0.0157. The van der Waals surface area contributed by atoms with Gasteiger partial charge in [-0.15, -0.1) is 0 Å². The molecule has 0 spiro atoms. The lowest BCUT2D eigenvalue weighted by Gasteiger charge is -2.31. The Hall–Kier alpha value is -3.59. The zero-order chi connectivity index (χ0) is 28.3. The maximum Gasteiger partial charge on any atom is 0.201 e. The van der Waals surface area contributed by atoms with Gasteiger partial charge in [0.05, 0.1) is 12.6 Å². The highest BCUT2D eigenvalue weighted by Gasteiger charge is 2.18. The number of allylic oxidation sites excluding steroid dienone is 4. The number of guanidine groups is 1. The van der Waals surface area contributed by atoms with Crippen molar-refractivity contribution in [2.24, 2.45) is 4.99 Å². The molecule has 3 aliphatic rings. The summed E-state index contributed by atoms with van der Waals surface area (Å²) in [5, 5.41) is 10.4. The monoisotopic (exact) mass is 541 g/mol. The fourth-order valence-corrected chi connectivity index (χ4v) is 4.86. The molecule has 1 saturated heterocycles. The molecule has 1 aliphatic carbocycles. The Labute approximate surface area is 239 Å². The van der Waals surface area contributed by atoms with Crippen LogP contribution in [0.5, 0.6) is 0 Å². The van der Waals surface area contributed by atoms with Gasteiger partial charge in [0.25, 0.3) is 0 Å². The van der Waals surface area contributed by atoms with Gasteiger partial charge < -0.3 is 20.9 Å². The van der Waals surface area contributed by atoms with Crippen molar-refractivity contribution >= 4 is 11.7 Å². The summed E-state index contributed by atoms with van der Waals surface area (Å²) in [6, 6.07) is 4.16. The van der Waals surface area contributed by atoms with E-state index in [1.54, 1.807) is 6.20 Å². The van der Waals surface area contributed by atoms with E-state index in [0.29, 0.717) is 11.5 Å². The summed E-state index contributed by atoms with van der Waals surface area (Å²) in [5.41, 5.74) is 4.73. The maximum atomic E-state index is 13.1. The van der Waals surface area contributed by atoms with Gasteiger partial charge in [-0.25, -0.2) is 4.99 Å². The molecule has 2 atom stereocenters. The van der Waals surface area contributed by atoms with Crippen LogP contribution in [0.4, 0.5) is 0 Å². The molecule has 40 heavy (non-hydrogen) atoms. The van der Waals surface area contributed by atoms with Crippen LogP contribution in [-0.4, -0.2) is 78.9 Å². The molecular weight excluding hydrogens is 498 g/mol. The minimum atomic E-state index is 0.0157. The second kappa shape index (κ2) is 14.7. The molecule has 0 aromatic carbocycles. The van der Waals surface area contributed by atoms with Crippen LogP contribution in [0, 0.1) is 0 Å². The predicted molar refractivity (Wildman–Crippen MR) is 164 cm³/mol. The van der Waals surface area contributed by atoms with E-state index in [-0.39, 0.29) is 24.4 Å². The molecule has 1 aromatic heterocycles. The molecule has 0 bridgehead atoms. The zero-order valence-electron chi connectivity index (χ0n) is 24.1. The summed E-state index contributed by atoms with van der Waals surface area (Å²) in [6.45, 7) is 13.6. The number of Topliss-reactive ketones (excluding diaryl/α,β-unsaturated/α-hetero) is 1. The molecule has 4 rings (SSSR count). The number of likely N-dealkylation sites (N-methyl/N-ethyl adjacent to an activating group) is 1. The van der Waals surface area contributed by atoms with E-state index in [1.165, 1.54) is 0 Å². The number of rotatable bonds is 10. The lowest BCUT2D eigenvalue weighted by Crippen LogP contribution is -2.44. The number of aromatic nitrogens is 1. The summed E-state index contributed by atoms with van der Waals surface area (Å²) in [4.78, 5) is 26.5. The summed E-state index contributed by atoms with van der Waals surface area (Å²) < 4.78 is 0. The first-order valence-corrected chi connectivity index (χ1v) is 14.1. The van der Waals surface area contributed by atoms with Crippen molar-refractivity contribution in [2.45, 2.75) is 38.8 Å². The van der Waals surface area contributed by atoms with Crippen LogP contribution >= 0.6 is 0 Å². The first-order chi connectivity index (χ1) is 19.4. The Bertz CT molecular complexity index is 1220. The van der Waals surface area contributed by atoms with Crippen molar-refractivity contribution in [1.82, 2.24) is 30.7 Å². The van der Waals surface area contributed by atoms with Crippen molar-refractivity contribution in [3.8, 4) is 0 Å². The smallest absolute Gasteiger partial charge is 0.201 e. The lowest BCUT2D eigenvalue weighted by molar-refractivity contribution is -0.114. The third kappa shape index (κ3) is 8.71. The molecule has 2 aliphatic heterocycles. The van der Waals surface area contributed by atoms with E-state index in [4.69, 9.17) is 0 Å². The van der Waals surface area contributed by atoms with Crippen LogP contribution in [-0.2, 0) is 4.79 Å². The fourth-order valence-electron chi connectivity index (χ4n) is 4.86. The summed E-state index contributed by atoms with van der Waals surface area (Å²) in [7, 11) is 2.16. The zero-order valence-corrected chi connectivity index (χ0v) is 24.1. The van der Waals surface area contributed by atoms with E-state index in [0.717, 1.165) is 68.0 Å². The first kappa shape index (κ1) is 29.4. The number of piperazine rings is 1. The normalized spacial score (nSPS) is 22.7. The number of nitrogens with zero attached hydrogens (tertiary/aromatic N) is 4. The highest BCUT2D eigenvalue weighted by molar-refractivity contribution is 6.00. The number of ketones is 1. The molecule has 0 amide bonds. The van der Waals surface area contributed by atoms with Gasteiger partial charge in [-0.2, -0.15) is 0 Å². The second-order valence-corrected chi connectivity index (χ2v) is 10.7. The van der Waals surface area contributed by atoms with Crippen LogP contribution < -0.4 is 16.0 Å². The Morgan fingerprint density at radius 2 is 2.02 bits per heavy atom. The number of carbonyl (C=O) groups excluding carboxylic acids is 1. The van der Waals surface area contributed by atoms with Gasteiger partial charge in [0, 0.05) is 68.6 Å². The third-order valence-electron chi connectivity index (χ3n) is 7.48. The number of hydrogen-bond donors (Lipinski definition) is 3. The number of nitrogens with one attached hydrogen (secondary N) is 3. The number of hydrogen-bond acceptors (Lipinski definition) is 8. The average molecular weight is 542 g/mol. The predicted octanol–water partition coefficient (Wildman–Crippen LogP) is 3.64. The number of aliphatic imine (C=N–C) groups is 1. The van der Waals surface area contributed by atoms with Crippen molar-refractivity contribution in [2.75, 3.05) is 46.3 Å². The van der Waals surface area contributed by atoms with E-state index in [1.807, 2.05) is 49.7 Å². The Morgan fingerprint density at radius 1 is 1.23 bits per heavy atom. The second-order valence-electron chi connectivity index (χ2n) is 10.7. The van der Waals surface area contributed by atoms with Crippen LogP contribution in [0.2, 0.25) is 0 Å². The summed E-state index contributed by atoms with van der Waals surface area (Å²) >= 11 is 0. The molecule has 3 N–H and O–H groups in total. The Morgan fingerprint density at radius 3 is 2.77 bits per heavy atom. The molecule has 0 saturated carbocycles. The van der Waals surface area contributed by atoms with Crippen LogP contribution in [0.25, 0.3) is 0 Å². The summed E-state index contributed by atoms with van der Waals surface area (Å²) in [5.74, 6) is 0.770. The van der Waals surface area contributed by atoms with Gasteiger partial charge in [-0.1, -0.05) is 43.0 Å². The van der Waals surface area contributed by atoms with Gasteiger partial charge in [0.1, 0.15) is 0 Å². The molecule has 1 fully saturated rings. The fraction of sp³-hybridized carbons (Fsp3) is 0.406. The Balaban J connectivity index is 1.27. The molecule has 1 aromatic rings. The number of pyridine rings is 1. The largest absolute Gasteiger partial charge is 0.345 e. The summed E-state index contributed by atoms with van der Waals surface area (Å²) in [6.07, 6.45) is 19.5. The average Bonchev–Trinajstić information content (AvgIpc) is 3.14. The first-order valence-electron chi connectivity index (χ1n) is 14.1. The molecule has 2 unspecified atom stereocenters. The molecule has 212 valence electrons. The Kier molecular flexibility index (Phi) is 10.8. The van der Waals surface area contributed by atoms with Gasteiger partial charge in [-0.05, 0) is 62.6 Å². The van der Waals surface area contributed by atoms with E-state index in [2.05, 4.69) is 74.5 Å². The van der Waals surface area contributed by atoms with Crippen molar-refractivity contribution < 1.29 is 4.79 Å². The van der Waals surface area contributed by atoms with Gasteiger partial charge in [-0.3, -0.25) is 14.7 Å². The van der Waals surface area contributed by atoms with Crippen LogP contribution in [0.1, 0.15) is 38.3 Å². The van der Waals surface area contributed by atoms with Gasteiger partial charge in [0.15, 0.2) is 5.78 Å². The third-order valence-corrected chi connectivity index (χ3v) is 7.48. The SMILES string of the molecule is C=C(C)/C(=C\C=C\CN1CCN(C)CC1)C(=O)CNC1CC=C(C)C(NC2=NC=CC(c3cccnc3)N2)=CC1. The van der Waals surface area contributed by atoms with Crippen LogP contribution in [0.15, 0.2) is 101 Å². The van der Waals surface area contributed by atoms with E-state index in [9.17, 15) is 4.79 Å². The highest BCUT2D eigenvalue weighted by Crippen LogP contribution is 2.19. The topological polar surface area (TPSA) is 84.9 Å². The van der Waals surface area contributed by atoms with Gasteiger partial charge >= 0.3 is 0 Å².